The molecule has 3 heterocycles. The summed E-state index contributed by atoms with van der Waals surface area (Å²) in [5.74, 6) is 0.884. The van der Waals surface area contributed by atoms with E-state index in [9.17, 15) is 9.59 Å². The van der Waals surface area contributed by atoms with E-state index >= 15 is 0 Å². The lowest BCUT2D eigenvalue weighted by molar-refractivity contribution is -0.135. The fraction of sp³-hybridized carbons (Fsp3) is 0.333. The van der Waals surface area contributed by atoms with Gasteiger partial charge in [0.25, 0.3) is 5.91 Å². The normalized spacial score (nSPS) is 15.4. The van der Waals surface area contributed by atoms with Crippen LogP contribution in [-0.4, -0.2) is 69.2 Å². The Bertz CT molecular complexity index is 1430. The van der Waals surface area contributed by atoms with Gasteiger partial charge in [0.05, 0.1) is 30.3 Å². The molecule has 2 aromatic heterocycles. The Kier molecular flexibility index (Phi) is 8.07. The molecule has 5 rings (SSSR count). The lowest BCUT2D eigenvalue weighted by Crippen LogP contribution is -2.55. The van der Waals surface area contributed by atoms with Gasteiger partial charge in [-0.05, 0) is 49.6 Å². The van der Waals surface area contributed by atoms with E-state index in [0.29, 0.717) is 38.0 Å². The van der Waals surface area contributed by atoms with Crippen molar-refractivity contribution in [2.24, 2.45) is 0 Å². The average molecular weight is 544 g/mol. The van der Waals surface area contributed by atoms with Crippen LogP contribution in [0, 0.1) is 0 Å². The molecule has 1 aliphatic rings. The highest BCUT2D eigenvalue weighted by Gasteiger charge is 2.31. The zero-order chi connectivity index (χ0) is 27.4. The molecule has 9 heteroatoms. The second kappa shape index (κ2) is 11.8. The average Bonchev–Trinajstić information content (AvgIpc) is 3.63. The van der Waals surface area contributed by atoms with E-state index in [1.165, 1.54) is 11.3 Å². The molecule has 0 spiro atoms. The van der Waals surface area contributed by atoms with Gasteiger partial charge in [-0.15, -0.1) is 11.3 Å². The summed E-state index contributed by atoms with van der Waals surface area (Å²) in [5, 5.41) is 7.27. The summed E-state index contributed by atoms with van der Waals surface area (Å²) in [6.07, 6.45) is 3.49. The zero-order valence-electron chi connectivity index (χ0n) is 22.5. The third kappa shape index (κ3) is 5.73. The molecule has 202 valence electrons. The van der Waals surface area contributed by atoms with Crippen LogP contribution in [0.5, 0.6) is 5.75 Å². The number of thiazole rings is 1. The van der Waals surface area contributed by atoms with Crippen LogP contribution in [0.25, 0.3) is 16.4 Å². The maximum atomic E-state index is 13.6. The van der Waals surface area contributed by atoms with E-state index < -0.39 is 0 Å². The molecular formula is C30H33N5O3S. The third-order valence-electron chi connectivity index (χ3n) is 7.20. The quantitative estimate of drug-likeness (QED) is 0.317. The SMILES string of the molecule is CCc1c(C(=O)N2CCN(C(=O)CCc3ccccc3)C(C)C2)cnn1-c1nc(-c2ccc(OC)cc2)cs1. The van der Waals surface area contributed by atoms with Crippen molar-refractivity contribution in [1.29, 1.82) is 0 Å². The number of benzene rings is 2. The Labute approximate surface area is 232 Å². The molecule has 0 aliphatic carbocycles. The predicted molar refractivity (Wildman–Crippen MR) is 152 cm³/mol. The first-order valence-corrected chi connectivity index (χ1v) is 14.2. The molecule has 8 nitrogen and oxygen atoms in total. The first kappa shape index (κ1) is 26.6. The van der Waals surface area contributed by atoms with E-state index in [4.69, 9.17) is 9.72 Å². The van der Waals surface area contributed by atoms with Crippen molar-refractivity contribution in [2.45, 2.75) is 39.2 Å². The molecule has 0 radical (unpaired) electrons. The molecule has 1 fully saturated rings. The van der Waals surface area contributed by atoms with Gasteiger partial charge in [0.2, 0.25) is 11.0 Å². The summed E-state index contributed by atoms with van der Waals surface area (Å²) >= 11 is 1.49. The number of aromatic nitrogens is 3. The largest absolute Gasteiger partial charge is 0.497 e. The van der Waals surface area contributed by atoms with Crippen molar-refractivity contribution in [3.05, 3.63) is 83.0 Å². The van der Waals surface area contributed by atoms with Crippen molar-refractivity contribution in [1.82, 2.24) is 24.6 Å². The lowest BCUT2D eigenvalue weighted by Gasteiger charge is -2.40. The Hall–Kier alpha value is -3.98. The molecule has 1 aliphatic heterocycles. The minimum atomic E-state index is -0.0479. The monoisotopic (exact) mass is 543 g/mol. The van der Waals surface area contributed by atoms with Gasteiger partial charge in [-0.2, -0.15) is 5.10 Å². The second-order valence-corrected chi connectivity index (χ2v) is 10.5. The Morgan fingerprint density at radius 2 is 1.85 bits per heavy atom. The van der Waals surface area contributed by atoms with Crippen molar-refractivity contribution in [3.8, 4) is 22.1 Å². The van der Waals surface area contributed by atoms with E-state index in [2.05, 4.69) is 5.10 Å². The van der Waals surface area contributed by atoms with Gasteiger partial charge in [-0.1, -0.05) is 37.3 Å². The molecule has 1 unspecified atom stereocenters. The van der Waals surface area contributed by atoms with E-state index in [1.807, 2.05) is 83.6 Å². The van der Waals surface area contributed by atoms with E-state index in [1.54, 1.807) is 18.0 Å². The van der Waals surface area contributed by atoms with Gasteiger partial charge >= 0.3 is 0 Å². The molecule has 0 bridgehead atoms. The van der Waals surface area contributed by atoms with Crippen LogP contribution in [0.15, 0.2) is 66.2 Å². The summed E-state index contributed by atoms with van der Waals surface area (Å²) in [5.41, 5.74) is 4.43. The van der Waals surface area contributed by atoms with Crippen molar-refractivity contribution >= 4 is 23.2 Å². The standard InChI is InChI=1S/C30H33N5O3S/c1-4-27-25(18-31-35(27)30-32-26(20-39-30)23-11-13-24(38-3)14-12-23)29(37)33-16-17-34(21(2)19-33)28(36)15-10-22-8-6-5-7-9-22/h5-9,11-14,18,20-21H,4,10,15-17,19H2,1-3H3. The minimum Gasteiger partial charge on any atom is -0.497 e. The number of hydrogen-bond donors (Lipinski definition) is 0. The molecule has 2 aromatic carbocycles. The summed E-state index contributed by atoms with van der Waals surface area (Å²) in [4.78, 5) is 35.1. The summed E-state index contributed by atoms with van der Waals surface area (Å²) in [7, 11) is 1.64. The number of rotatable bonds is 8. The molecule has 1 atom stereocenters. The molecule has 4 aromatic rings. The van der Waals surface area contributed by atoms with Gasteiger partial charge in [0.15, 0.2) is 0 Å². The van der Waals surface area contributed by atoms with Gasteiger partial charge in [0.1, 0.15) is 5.75 Å². The number of carbonyl (C=O) groups excluding carboxylic acids is 2. The molecule has 2 amide bonds. The third-order valence-corrected chi connectivity index (χ3v) is 8.01. The number of piperazine rings is 1. The van der Waals surface area contributed by atoms with Crippen LogP contribution in [-0.2, 0) is 17.6 Å². The van der Waals surface area contributed by atoms with E-state index in [-0.39, 0.29) is 17.9 Å². The highest BCUT2D eigenvalue weighted by atomic mass is 32.1. The van der Waals surface area contributed by atoms with Gasteiger partial charge < -0.3 is 14.5 Å². The number of aryl methyl sites for hydroxylation is 1. The molecule has 39 heavy (non-hydrogen) atoms. The maximum absolute atomic E-state index is 13.6. The Morgan fingerprint density at radius 1 is 1.08 bits per heavy atom. The summed E-state index contributed by atoms with van der Waals surface area (Å²) in [6, 6.07) is 17.8. The van der Waals surface area contributed by atoms with Gasteiger partial charge in [-0.3, -0.25) is 9.59 Å². The number of ether oxygens (including phenoxy) is 1. The lowest BCUT2D eigenvalue weighted by atomic mass is 10.1. The smallest absolute Gasteiger partial charge is 0.257 e. The van der Waals surface area contributed by atoms with Crippen molar-refractivity contribution in [2.75, 3.05) is 26.7 Å². The van der Waals surface area contributed by atoms with Crippen LogP contribution in [0.3, 0.4) is 0 Å². The molecule has 0 saturated carbocycles. The maximum Gasteiger partial charge on any atom is 0.257 e. The zero-order valence-corrected chi connectivity index (χ0v) is 23.4. The van der Waals surface area contributed by atoms with Crippen LogP contribution in [0.1, 0.15) is 41.9 Å². The van der Waals surface area contributed by atoms with Crippen LogP contribution in [0.2, 0.25) is 0 Å². The molecule has 0 N–H and O–H groups in total. The van der Waals surface area contributed by atoms with Crippen LogP contribution >= 0.6 is 11.3 Å². The number of methoxy groups -OCH3 is 1. The predicted octanol–water partition coefficient (Wildman–Crippen LogP) is 4.87. The second-order valence-electron chi connectivity index (χ2n) is 9.69. The molecular weight excluding hydrogens is 510 g/mol. The topological polar surface area (TPSA) is 80.6 Å². The van der Waals surface area contributed by atoms with E-state index in [0.717, 1.165) is 39.8 Å². The van der Waals surface area contributed by atoms with Crippen LogP contribution < -0.4 is 4.74 Å². The first-order chi connectivity index (χ1) is 19.0. The highest BCUT2D eigenvalue weighted by molar-refractivity contribution is 7.12. The Morgan fingerprint density at radius 3 is 2.54 bits per heavy atom. The molecule has 1 saturated heterocycles. The Balaban J connectivity index is 1.25. The van der Waals surface area contributed by atoms with Gasteiger partial charge in [0, 0.05) is 43.0 Å². The van der Waals surface area contributed by atoms with Crippen LogP contribution in [0.4, 0.5) is 0 Å². The highest BCUT2D eigenvalue weighted by Crippen LogP contribution is 2.27. The van der Waals surface area contributed by atoms with Crippen molar-refractivity contribution < 1.29 is 14.3 Å². The van der Waals surface area contributed by atoms with Gasteiger partial charge in [-0.25, -0.2) is 9.67 Å². The summed E-state index contributed by atoms with van der Waals surface area (Å²) < 4.78 is 7.02. The fourth-order valence-corrected chi connectivity index (χ4v) is 5.85. The summed E-state index contributed by atoms with van der Waals surface area (Å²) in [6.45, 7) is 5.58. The number of carbonyl (C=O) groups is 2. The minimum absolute atomic E-state index is 0.0443. The number of amides is 2. The first-order valence-electron chi connectivity index (χ1n) is 13.3. The number of nitrogens with zero attached hydrogens (tertiary/aromatic N) is 5. The fourth-order valence-electron chi connectivity index (χ4n) is 5.04. The van der Waals surface area contributed by atoms with Crippen molar-refractivity contribution in [3.63, 3.8) is 0 Å². The number of hydrogen-bond acceptors (Lipinski definition) is 6.